The maximum Gasteiger partial charge on any atom is 0.244 e. The first-order valence-electron chi connectivity index (χ1n) is 7.16. The molecule has 0 spiro atoms. The number of hydrogen-bond donors (Lipinski definition) is 1. The molecular formula is C14H26N2OS. The Morgan fingerprint density at radius 3 is 2.78 bits per heavy atom. The Bertz CT molecular complexity index is 315. The highest BCUT2D eigenvalue weighted by molar-refractivity contribution is 7.99. The van der Waals surface area contributed by atoms with E-state index in [4.69, 9.17) is 0 Å². The van der Waals surface area contributed by atoms with Crippen LogP contribution in [0.2, 0.25) is 0 Å². The van der Waals surface area contributed by atoms with Gasteiger partial charge in [0.2, 0.25) is 5.91 Å². The molecule has 2 fully saturated rings. The average Bonchev–Trinajstić information content (AvgIpc) is 2.87. The minimum atomic E-state index is -0.340. The van der Waals surface area contributed by atoms with Gasteiger partial charge in [0.05, 0.1) is 11.7 Å². The molecule has 1 amide bonds. The summed E-state index contributed by atoms with van der Waals surface area (Å²) in [6.07, 6.45) is 3.33. The molecule has 2 heterocycles. The van der Waals surface area contributed by atoms with Crippen molar-refractivity contribution in [2.24, 2.45) is 5.92 Å². The number of rotatable bonds is 4. The molecule has 0 aliphatic carbocycles. The van der Waals surface area contributed by atoms with E-state index in [9.17, 15) is 4.79 Å². The third-order valence-electron chi connectivity index (χ3n) is 4.23. The molecule has 18 heavy (non-hydrogen) atoms. The van der Waals surface area contributed by atoms with Crippen molar-refractivity contribution in [3.05, 3.63) is 0 Å². The molecule has 2 aliphatic heterocycles. The summed E-state index contributed by atoms with van der Waals surface area (Å²) < 4.78 is 0. The third-order valence-corrected chi connectivity index (χ3v) is 5.37. The molecule has 0 bridgehead atoms. The van der Waals surface area contributed by atoms with Gasteiger partial charge in [0, 0.05) is 11.8 Å². The summed E-state index contributed by atoms with van der Waals surface area (Å²) in [6.45, 7) is 8.62. The van der Waals surface area contributed by atoms with Gasteiger partial charge in [-0.15, -0.1) is 0 Å². The average molecular weight is 270 g/mol. The van der Waals surface area contributed by atoms with Crippen LogP contribution in [0.4, 0.5) is 0 Å². The number of carbonyl (C=O) groups excluding carboxylic acids is 1. The van der Waals surface area contributed by atoms with Crippen molar-refractivity contribution in [2.45, 2.75) is 64.7 Å². The van der Waals surface area contributed by atoms with Gasteiger partial charge in [-0.05, 0) is 37.9 Å². The van der Waals surface area contributed by atoms with E-state index in [1.165, 1.54) is 5.75 Å². The van der Waals surface area contributed by atoms with Crippen LogP contribution in [-0.2, 0) is 4.79 Å². The molecule has 4 heteroatoms. The van der Waals surface area contributed by atoms with Gasteiger partial charge in [-0.1, -0.05) is 20.8 Å². The Kier molecular flexibility index (Phi) is 4.27. The topological polar surface area (TPSA) is 32.3 Å². The normalized spacial score (nSPS) is 36.9. The van der Waals surface area contributed by atoms with Crippen LogP contribution >= 0.6 is 11.8 Å². The van der Waals surface area contributed by atoms with Crippen LogP contribution in [0.25, 0.3) is 0 Å². The van der Waals surface area contributed by atoms with Gasteiger partial charge in [0.1, 0.15) is 0 Å². The molecule has 0 saturated carbocycles. The summed E-state index contributed by atoms with van der Waals surface area (Å²) >= 11 is 1.98. The van der Waals surface area contributed by atoms with Crippen LogP contribution in [0.3, 0.4) is 0 Å². The zero-order valence-corrected chi connectivity index (χ0v) is 12.8. The highest BCUT2D eigenvalue weighted by Crippen LogP contribution is 2.33. The standard InChI is InChI=1S/C14H26N2OS/c1-5-14(4)13(17)16(11-6-7-18-9-11)12(15-14)8-10(2)3/h10-12,15H,5-9H2,1-4H3. The minimum absolute atomic E-state index is 0.242. The second-order valence-electron chi connectivity index (χ2n) is 6.21. The fourth-order valence-corrected chi connectivity index (χ4v) is 4.16. The number of amides is 1. The largest absolute Gasteiger partial charge is 0.322 e. The lowest BCUT2D eigenvalue weighted by Gasteiger charge is -2.30. The van der Waals surface area contributed by atoms with Crippen LogP contribution in [-0.4, -0.2) is 40.1 Å². The van der Waals surface area contributed by atoms with Gasteiger partial charge in [-0.25, -0.2) is 0 Å². The molecule has 104 valence electrons. The number of hydrogen-bond acceptors (Lipinski definition) is 3. The zero-order chi connectivity index (χ0) is 13.3. The van der Waals surface area contributed by atoms with E-state index in [1.807, 2.05) is 11.8 Å². The molecular weight excluding hydrogens is 244 g/mol. The smallest absolute Gasteiger partial charge is 0.244 e. The second-order valence-corrected chi connectivity index (χ2v) is 7.36. The van der Waals surface area contributed by atoms with Crippen LogP contribution < -0.4 is 5.32 Å². The van der Waals surface area contributed by atoms with E-state index in [2.05, 4.69) is 37.9 Å². The molecule has 3 nitrogen and oxygen atoms in total. The van der Waals surface area contributed by atoms with Gasteiger partial charge >= 0.3 is 0 Å². The SMILES string of the molecule is CCC1(C)NC(CC(C)C)N(C2CCSC2)C1=O. The third kappa shape index (κ3) is 2.55. The molecule has 3 atom stereocenters. The van der Waals surface area contributed by atoms with Crippen LogP contribution in [0, 0.1) is 5.92 Å². The summed E-state index contributed by atoms with van der Waals surface area (Å²) in [5.74, 6) is 3.25. The predicted molar refractivity (Wildman–Crippen MR) is 77.7 cm³/mol. The molecule has 2 rings (SSSR count). The Balaban J connectivity index is 2.18. The fraction of sp³-hybridized carbons (Fsp3) is 0.929. The summed E-state index contributed by atoms with van der Waals surface area (Å²) in [6, 6.07) is 0.451. The van der Waals surface area contributed by atoms with E-state index in [0.717, 1.165) is 25.0 Å². The maximum absolute atomic E-state index is 12.7. The number of nitrogens with one attached hydrogen (secondary N) is 1. The fourth-order valence-electron chi connectivity index (χ4n) is 2.96. The molecule has 2 saturated heterocycles. The number of carbonyl (C=O) groups is 1. The summed E-state index contributed by atoms with van der Waals surface area (Å²) in [5.41, 5.74) is -0.340. The van der Waals surface area contributed by atoms with Crippen LogP contribution in [0.1, 0.15) is 47.0 Å². The van der Waals surface area contributed by atoms with Crippen molar-refractivity contribution in [3.63, 3.8) is 0 Å². The number of thioether (sulfide) groups is 1. The summed E-state index contributed by atoms with van der Waals surface area (Å²) in [5, 5.41) is 3.59. The molecule has 0 radical (unpaired) electrons. The first kappa shape index (κ1) is 14.2. The van der Waals surface area contributed by atoms with Gasteiger partial charge in [-0.2, -0.15) is 11.8 Å². The quantitative estimate of drug-likeness (QED) is 0.852. The predicted octanol–water partition coefficient (Wildman–Crippen LogP) is 2.46. The summed E-state index contributed by atoms with van der Waals surface area (Å²) in [7, 11) is 0. The molecule has 2 aliphatic rings. The van der Waals surface area contributed by atoms with Crippen molar-refractivity contribution in [3.8, 4) is 0 Å². The van der Waals surface area contributed by atoms with Gasteiger partial charge in [-0.3, -0.25) is 10.1 Å². The summed E-state index contributed by atoms with van der Waals surface area (Å²) in [4.78, 5) is 14.9. The highest BCUT2D eigenvalue weighted by Gasteiger charge is 2.49. The van der Waals surface area contributed by atoms with E-state index < -0.39 is 0 Å². The molecule has 0 aromatic heterocycles. The first-order valence-corrected chi connectivity index (χ1v) is 8.31. The van der Waals surface area contributed by atoms with E-state index in [0.29, 0.717) is 17.9 Å². The van der Waals surface area contributed by atoms with Gasteiger partial charge in [0.15, 0.2) is 0 Å². The van der Waals surface area contributed by atoms with E-state index >= 15 is 0 Å². The number of nitrogens with zero attached hydrogens (tertiary/aromatic N) is 1. The molecule has 0 aromatic rings. The molecule has 0 aromatic carbocycles. The Hall–Kier alpha value is -0.220. The van der Waals surface area contributed by atoms with E-state index in [1.54, 1.807) is 0 Å². The second kappa shape index (κ2) is 5.41. The van der Waals surface area contributed by atoms with Gasteiger partial charge < -0.3 is 4.90 Å². The highest BCUT2D eigenvalue weighted by atomic mass is 32.2. The van der Waals surface area contributed by atoms with Crippen molar-refractivity contribution < 1.29 is 4.79 Å². The maximum atomic E-state index is 12.7. The van der Waals surface area contributed by atoms with Gasteiger partial charge in [0.25, 0.3) is 0 Å². The Morgan fingerprint density at radius 2 is 2.28 bits per heavy atom. The van der Waals surface area contributed by atoms with Crippen molar-refractivity contribution in [1.29, 1.82) is 0 Å². The van der Waals surface area contributed by atoms with Crippen LogP contribution in [0.5, 0.6) is 0 Å². The molecule has 1 N–H and O–H groups in total. The zero-order valence-electron chi connectivity index (χ0n) is 12.0. The minimum Gasteiger partial charge on any atom is -0.322 e. The van der Waals surface area contributed by atoms with E-state index in [-0.39, 0.29) is 11.7 Å². The Labute approximate surface area is 115 Å². The van der Waals surface area contributed by atoms with Crippen molar-refractivity contribution in [2.75, 3.05) is 11.5 Å². The van der Waals surface area contributed by atoms with Crippen molar-refractivity contribution in [1.82, 2.24) is 10.2 Å². The molecule has 3 unspecified atom stereocenters. The lowest BCUT2D eigenvalue weighted by Crippen LogP contribution is -2.45. The van der Waals surface area contributed by atoms with Crippen LogP contribution in [0.15, 0.2) is 0 Å². The van der Waals surface area contributed by atoms with Crippen molar-refractivity contribution >= 4 is 17.7 Å². The Morgan fingerprint density at radius 1 is 1.56 bits per heavy atom. The first-order chi connectivity index (χ1) is 8.48. The lowest BCUT2D eigenvalue weighted by molar-refractivity contribution is -0.134. The lowest BCUT2D eigenvalue weighted by atomic mass is 9.99. The monoisotopic (exact) mass is 270 g/mol.